The molecule has 4 rings (SSSR count). The van der Waals surface area contributed by atoms with Crippen LogP contribution in [-0.4, -0.2) is 43.8 Å². The molecule has 9 nitrogen and oxygen atoms in total. The van der Waals surface area contributed by atoms with Gasteiger partial charge in [-0.2, -0.15) is 0 Å². The number of pyridine rings is 1. The summed E-state index contributed by atoms with van der Waals surface area (Å²) in [6.45, 7) is 5.55. The first-order valence-electron chi connectivity index (χ1n) is 12.5. The fourth-order valence-electron chi connectivity index (χ4n) is 4.19. The molecule has 4 aromatic rings. The molecule has 1 atom stereocenters. The van der Waals surface area contributed by atoms with Gasteiger partial charge in [-0.3, -0.25) is 9.32 Å². The molecule has 0 spiro atoms. The molecule has 2 aromatic carbocycles. The van der Waals surface area contributed by atoms with E-state index in [4.69, 9.17) is 31.1 Å². The number of aromatic nitrogens is 2. The second-order valence-corrected chi connectivity index (χ2v) is 11.2. The lowest BCUT2D eigenvalue weighted by atomic mass is 10.0. The van der Waals surface area contributed by atoms with Crippen molar-refractivity contribution < 1.29 is 28.4 Å². The van der Waals surface area contributed by atoms with Crippen molar-refractivity contribution >= 4 is 31.0 Å². The van der Waals surface area contributed by atoms with Crippen LogP contribution in [0.5, 0.6) is 5.75 Å². The zero-order valence-electron chi connectivity index (χ0n) is 21.9. The van der Waals surface area contributed by atoms with Crippen molar-refractivity contribution in [3.8, 4) is 17.0 Å². The lowest BCUT2D eigenvalue weighted by Crippen LogP contribution is -2.37. The standard InChI is InChI=1S/C28H31ClN3O6P/c1-18(2)38-26-11-10-22(16-24(26)29)28(33)30-23(12-14-37-39(34,35)36)15-20-6-8-21(9-7-20)25-17-32-13-4-5-19(3)27(32)31-25/h4-11,13,16-18,23H,12,14-15H2,1-3H3,(H,30,33)(H2,34,35,36). The van der Waals surface area contributed by atoms with E-state index in [-0.39, 0.29) is 25.0 Å². The zero-order valence-corrected chi connectivity index (χ0v) is 23.5. The highest BCUT2D eigenvalue weighted by Crippen LogP contribution is 2.36. The van der Waals surface area contributed by atoms with E-state index >= 15 is 0 Å². The number of hydrogen-bond acceptors (Lipinski definition) is 5. The van der Waals surface area contributed by atoms with Crippen LogP contribution in [0.4, 0.5) is 0 Å². The Bertz CT molecular complexity index is 1500. The predicted molar refractivity (Wildman–Crippen MR) is 150 cm³/mol. The third-order valence-corrected chi connectivity index (χ3v) is 6.84. The van der Waals surface area contributed by atoms with Crippen molar-refractivity contribution in [3.05, 3.63) is 88.7 Å². The molecule has 1 amide bonds. The number of hydrogen-bond donors (Lipinski definition) is 3. The molecule has 2 aromatic heterocycles. The highest BCUT2D eigenvalue weighted by Gasteiger charge is 2.19. The Morgan fingerprint density at radius 3 is 2.54 bits per heavy atom. The molecule has 3 N–H and O–H groups in total. The number of nitrogens with zero attached hydrogens (tertiary/aromatic N) is 2. The van der Waals surface area contributed by atoms with Crippen LogP contribution in [0.3, 0.4) is 0 Å². The average Bonchev–Trinajstić information content (AvgIpc) is 3.30. The summed E-state index contributed by atoms with van der Waals surface area (Å²) in [6, 6.07) is 16.1. The molecule has 0 saturated carbocycles. The van der Waals surface area contributed by atoms with Crippen molar-refractivity contribution in [1.29, 1.82) is 0 Å². The number of benzene rings is 2. The van der Waals surface area contributed by atoms with Crippen molar-refractivity contribution in [2.75, 3.05) is 6.61 Å². The van der Waals surface area contributed by atoms with Gasteiger partial charge in [0.1, 0.15) is 11.4 Å². The first-order chi connectivity index (χ1) is 18.5. The van der Waals surface area contributed by atoms with Crippen molar-refractivity contribution in [3.63, 3.8) is 0 Å². The maximum Gasteiger partial charge on any atom is 0.469 e. The van der Waals surface area contributed by atoms with Gasteiger partial charge in [0, 0.05) is 29.6 Å². The summed E-state index contributed by atoms with van der Waals surface area (Å²) >= 11 is 6.30. The van der Waals surface area contributed by atoms with Crippen LogP contribution in [-0.2, 0) is 15.5 Å². The van der Waals surface area contributed by atoms with E-state index in [1.165, 1.54) is 6.07 Å². The highest BCUT2D eigenvalue weighted by molar-refractivity contribution is 7.46. The summed E-state index contributed by atoms with van der Waals surface area (Å²) in [5.74, 6) is 0.113. The maximum absolute atomic E-state index is 13.0. The number of phosphoric acid groups is 1. The Balaban J connectivity index is 1.48. The van der Waals surface area contributed by atoms with Crippen LogP contribution in [0.25, 0.3) is 16.9 Å². The molecule has 206 valence electrons. The summed E-state index contributed by atoms with van der Waals surface area (Å²) in [5, 5.41) is 3.25. The monoisotopic (exact) mass is 571 g/mol. The molecule has 0 radical (unpaired) electrons. The largest absolute Gasteiger partial charge is 0.489 e. The number of ether oxygens (including phenoxy) is 1. The summed E-state index contributed by atoms with van der Waals surface area (Å²) < 4.78 is 23.4. The summed E-state index contributed by atoms with van der Waals surface area (Å²) in [5.41, 5.74) is 5.05. The molecule has 0 saturated heterocycles. The van der Waals surface area contributed by atoms with Gasteiger partial charge in [-0.05, 0) is 69.0 Å². The molecule has 39 heavy (non-hydrogen) atoms. The average molecular weight is 572 g/mol. The third-order valence-electron chi connectivity index (χ3n) is 6.03. The molecule has 0 aliphatic rings. The lowest BCUT2D eigenvalue weighted by Gasteiger charge is -2.20. The summed E-state index contributed by atoms with van der Waals surface area (Å²) in [6.07, 6.45) is 4.47. The molecular formula is C28H31ClN3O6P. The van der Waals surface area contributed by atoms with Gasteiger partial charge in [-0.25, -0.2) is 9.55 Å². The van der Waals surface area contributed by atoms with Crippen LogP contribution in [0.15, 0.2) is 67.0 Å². The van der Waals surface area contributed by atoms with Gasteiger partial charge in [0.05, 0.1) is 23.4 Å². The first-order valence-corrected chi connectivity index (χ1v) is 14.4. The number of aryl methyl sites for hydroxylation is 1. The minimum Gasteiger partial charge on any atom is -0.489 e. The Morgan fingerprint density at radius 1 is 1.15 bits per heavy atom. The van der Waals surface area contributed by atoms with Crippen LogP contribution in [0.1, 0.15) is 41.8 Å². The fourth-order valence-corrected chi connectivity index (χ4v) is 4.76. The van der Waals surface area contributed by atoms with Gasteiger partial charge < -0.3 is 24.2 Å². The van der Waals surface area contributed by atoms with E-state index in [0.717, 1.165) is 28.0 Å². The number of fused-ring (bicyclic) bond motifs is 1. The highest BCUT2D eigenvalue weighted by atomic mass is 35.5. The molecule has 1 unspecified atom stereocenters. The van der Waals surface area contributed by atoms with Gasteiger partial charge in [0.15, 0.2) is 0 Å². The Hall–Kier alpha value is -3.20. The second kappa shape index (κ2) is 12.3. The molecule has 11 heteroatoms. The molecule has 0 aliphatic carbocycles. The zero-order chi connectivity index (χ0) is 28.2. The van der Waals surface area contributed by atoms with Crippen molar-refractivity contribution in [2.24, 2.45) is 0 Å². The van der Waals surface area contributed by atoms with Gasteiger partial charge >= 0.3 is 7.82 Å². The lowest BCUT2D eigenvalue weighted by molar-refractivity contribution is 0.0930. The van der Waals surface area contributed by atoms with E-state index in [1.54, 1.807) is 12.1 Å². The van der Waals surface area contributed by atoms with Gasteiger partial charge in [0.2, 0.25) is 0 Å². The Labute approximate surface area is 232 Å². The van der Waals surface area contributed by atoms with E-state index in [9.17, 15) is 9.36 Å². The van der Waals surface area contributed by atoms with E-state index in [0.29, 0.717) is 22.8 Å². The fraction of sp³-hybridized carbons (Fsp3) is 0.286. The minimum absolute atomic E-state index is 0.0659. The number of phosphoric ester groups is 1. The van der Waals surface area contributed by atoms with Crippen LogP contribution in [0.2, 0.25) is 5.02 Å². The Morgan fingerprint density at radius 2 is 1.90 bits per heavy atom. The van der Waals surface area contributed by atoms with Crippen molar-refractivity contribution in [1.82, 2.24) is 14.7 Å². The molecule has 0 aliphatic heterocycles. The van der Waals surface area contributed by atoms with Crippen LogP contribution in [0, 0.1) is 6.92 Å². The number of imidazole rings is 1. The van der Waals surface area contributed by atoms with Gasteiger partial charge in [0.25, 0.3) is 5.91 Å². The third kappa shape index (κ3) is 7.91. The number of carbonyl (C=O) groups excluding carboxylic acids is 1. The van der Waals surface area contributed by atoms with Gasteiger partial charge in [-0.1, -0.05) is 41.9 Å². The SMILES string of the molecule is Cc1cccn2cc(-c3ccc(CC(CCOP(=O)(O)O)NC(=O)c4ccc(OC(C)C)c(Cl)c4)cc3)nc12. The molecule has 0 bridgehead atoms. The van der Waals surface area contributed by atoms with Gasteiger partial charge in [-0.15, -0.1) is 0 Å². The number of nitrogens with one attached hydrogen (secondary N) is 1. The van der Waals surface area contributed by atoms with E-state index in [1.807, 2.05) is 74.0 Å². The number of rotatable bonds is 11. The van der Waals surface area contributed by atoms with Crippen molar-refractivity contribution in [2.45, 2.75) is 45.8 Å². The van der Waals surface area contributed by atoms with Crippen LogP contribution >= 0.6 is 19.4 Å². The number of amides is 1. The first kappa shape index (κ1) is 28.8. The number of halogens is 1. The van der Waals surface area contributed by atoms with Crippen LogP contribution < -0.4 is 10.1 Å². The minimum atomic E-state index is -4.63. The maximum atomic E-state index is 13.0. The van der Waals surface area contributed by atoms with E-state index < -0.39 is 13.9 Å². The Kier molecular flexibility index (Phi) is 9.10. The molecule has 2 heterocycles. The smallest absolute Gasteiger partial charge is 0.469 e. The normalized spacial score (nSPS) is 12.6. The molecule has 0 fully saturated rings. The second-order valence-electron chi connectivity index (χ2n) is 9.54. The summed E-state index contributed by atoms with van der Waals surface area (Å²) in [4.78, 5) is 35.9. The molecular weight excluding hydrogens is 541 g/mol. The quantitative estimate of drug-likeness (QED) is 0.201. The predicted octanol–water partition coefficient (Wildman–Crippen LogP) is 5.59. The summed E-state index contributed by atoms with van der Waals surface area (Å²) in [7, 11) is -4.63. The number of carbonyl (C=O) groups is 1. The topological polar surface area (TPSA) is 122 Å². The van der Waals surface area contributed by atoms with E-state index in [2.05, 4.69) is 9.84 Å².